The molecule has 0 bridgehead atoms. The van der Waals surface area contributed by atoms with E-state index in [-0.39, 0.29) is 37.7 Å². The smallest absolute Gasteiger partial charge is 0.407 e. The molecule has 0 aromatic heterocycles. The number of imide groups is 1. The highest BCUT2D eigenvalue weighted by Crippen LogP contribution is 2.40. The van der Waals surface area contributed by atoms with Crippen LogP contribution in [-0.4, -0.2) is 117 Å². The number of amides is 3. The first kappa shape index (κ1) is 44.8. The summed E-state index contributed by atoms with van der Waals surface area (Å²) in [7, 11) is 4.71. The summed E-state index contributed by atoms with van der Waals surface area (Å²) < 4.78 is 28.7. The Kier molecular flexibility index (Phi) is 16.0. The molecular weight excluding hydrogens is 764 g/mol. The van der Waals surface area contributed by atoms with Gasteiger partial charge in [-0.3, -0.25) is 14.5 Å². The average Bonchev–Trinajstić information content (AvgIpc) is 3.23. The second-order valence-corrected chi connectivity index (χ2v) is 15.5. The van der Waals surface area contributed by atoms with Crippen molar-refractivity contribution < 1.29 is 53.1 Å². The number of methoxy groups -OCH3 is 2. The van der Waals surface area contributed by atoms with E-state index in [1.807, 2.05) is 36.4 Å². The van der Waals surface area contributed by atoms with Crippen molar-refractivity contribution in [3.8, 4) is 5.75 Å². The molecule has 0 saturated carbocycles. The van der Waals surface area contributed by atoms with E-state index in [1.54, 1.807) is 28.1 Å². The Balaban J connectivity index is 1.34. The molecule has 59 heavy (non-hydrogen) atoms. The Labute approximate surface area is 345 Å². The maximum absolute atomic E-state index is 14.0. The number of rotatable bonds is 20. The molecule has 2 heterocycles. The van der Waals surface area contributed by atoms with Crippen LogP contribution in [0, 0.1) is 15.5 Å². The van der Waals surface area contributed by atoms with E-state index in [0.29, 0.717) is 45.0 Å². The van der Waals surface area contributed by atoms with Crippen LogP contribution in [0.4, 0.5) is 10.5 Å². The van der Waals surface area contributed by atoms with Crippen molar-refractivity contribution in [1.82, 2.24) is 9.80 Å². The third kappa shape index (κ3) is 12.1. The highest BCUT2D eigenvalue weighted by atomic mass is 16.9. The third-order valence-corrected chi connectivity index (χ3v) is 10.8. The van der Waals surface area contributed by atoms with Crippen molar-refractivity contribution >= 4 is 23.6 Å². The van der Waals surface area contributed by atoms with E-state index in [4.69, 9.17) is 23.7 Å². The zero-order valence-corrected chi connectivity index (χ0v) is 34.5. The normalized spacial score (nSPS) is 17.8. The molecule has 5 rings (SSSR count). The van der Waals surface area contributed by atoms with Crippen LogP contribution in [0.1, 0.15) is 71.6 Å². The molecule has 0 spiro atoms. The van der Waals surface area contributed by atoms with Gasteiger partial charge in [0, 0.05) is 57.4 Å². The SMILES string of the molecule is COCCCN1CCOc2ccc(CO[C@H]3CN(C(=O)O)[C@@H](CC(C)(C)C(=O)N(C)C(=O)c4ccc(CO[N+](=O)[O-])cc4)C[C@@H]3c3ccc(COCCOC)cc3)cc21. The number of carboxylic acid groups (broad SMARTS) is 1. The van der Waals surface area contributed by atoms with Crippen LogP contribution < -0.4 is 9.64 Å². The summed E-state index contributed by atoms with van der Waals surface area (Å²) in [4.78, 5) is 60.0. The Bertz CT molecular complexity index is 1870. The number of hydrogen-bond acceptors (Lipinski definition) is 12. The van der Waals surface area contributed by atoms with Crippen LogP contribution >= 0.6 is 0 Å². The summed E-state index contributed by atoms with van der Waals surface area (Å²) in [5.41, 5.74) is 3.41. The molecule has 3 atom stereocenters. The number of hydrogen-bond donors (Lipinski definition) is 1. The van der Waals surface area contributed by atoms with E-state index in [1.165, 1.54) is 36.2 Å². The van der Waals surface area contributed by atoms with Crippen molar-refractivity contribution in [2.75, 3.05) is 72.2 Å². The molecule has 16 heteroatoms. The van der Waals surface area contributed by atoms with Gasteiger partial charge in [-0.05, 0) is 65.8 Å². The lowest BCUT2D eigenvalue weighted by Crippen LogP contribution is -2.54. The first-order valence-electron chi connectivity index (χ1n) is 19.8. The molecule has 3 aromatic carbocycles. The lowest BCUT2D eigenvalue weighted by atomic mass is 9.76. The highest BCUT2D eigenvalue weighted by molar-refractivity contribution is 6.05. The largest absolute Gasteiger partial charge is 0.490 e. The monoisotopic (exact) mass is 820 g/mol. The second kappa shape index (κ2) is 21.1. The first-order chi connectivity index (χ1) is 28.3. The van der Waals surface area contributed by atoms with Crippen molar-refractivity contribution in [2.45, 2.75) is 71.0 Å². The van der Waals surface area contributed by atoms with Gasteiger partial charge in [0.25, 0.3) is 11.0 Å². The van der Waals surface area contributed by atoms with Gasteiger partial charge >= 0.3 is 6.09 Å². The van der Waals surface area contributed by atoms with Crippen molar-refractivity contribution in [2.24, 2.45) is 5.41 Å². The summed E-state index contributed by atoms with van der Waals surface area (Å²) in [6.07, 6.45) is -0.256. The maximum Gasteiger partial charge on any atom is 0.407 e. The van der Waals surface area contributed by atoms with Crippen LogP contribution in [0.25, 0.3) is 0 Å². The zero-order valence-electron chi connectivity index (χ0n) is 34.5. The van der Waals surface area contributed by atoms with Crippen LogP contribution in [0.3, 0.4) is 0 Å². The lowest BCUT2D eigenvalue weighted by Gasteiger charge is -2.45. The predicted octanol–water partition coefficient (Wildman–Crippen LogP) is 5.93. The van der Waals surface area contributed by atoms with Crippen molar-refractivity contribution in [3.05, 3.63) is 105 Å². The molecule has 1 fully saturated rings. The second-order valence-electron chi connectivity index (χ2n) is 15.5. The fraction of sp³-hybridized carbons (Fsp3) is 0.512. The first-order valence-corrected chi connectivity index (χ1v) is 19.8. The molecule has 0 radical (unpaired) electrons. The number of ether oxygens (including phenoxy) is 5. The Hall–Kier alpha value is -5.29. The topological polar surface area (TPSA) is 180 Å². The summed E-state index contributed by atoms with van der Waals surface area (Å²) in [5, 5.41) is 20.2. The minimum atomic E-state index is -1.15. The van der Waals surface area contributed by atoms with Crippen LogP contribution in [0.15, 0.2) is 66.7 Å². The summed E-state index contributed by atoms with van der Waals surface area (Å²) in [5.74, 6) is -0.461. The van der Waals surface area contributed by atoms with Gasteiger partial charge in [0.05, 0.1) is 51.3 Å². The molecule has 320 valence electrons. The molecule has 0 unspecified atom stereocenters. The molecular formula is C43H56N4O12. The Morgan fingerprint density at radius 1 is 0.932 bits per heavy atom. The van der Waals surface area contributed by atoms with E-state index >= 15 is 0 Å². The van der Waals surface area contributed by atoms with Gasteiger partial charge < -0.3 is 43.4 Å². The van der Waals surface area contributed by atoms with Gasteiger partial charge in [0.1, 0.15) is 19.0 Å². The van der Waals surface area contributed by atoms with Gasteiger partial charge in [-0.1, -0.05) is 56.3 Å². The van der Waals surface area contributed by atoms with Gasteiger partial charge in [-0.25, -0.2) is 4.79 Å². The van der Waals surface area contributed by atoms with E-state index in [2.05, 4.69) is 15.8 Å². The molecule has 0 aliphatic carbocycles. The van der Waals surface area contributed by atoms with E-state index < -0.39 is 40.6 Å². The molecule has 3 aromatic rings. The number of carbonyl (C=O) groups is 3. The zero-order chi connectivity index (χ0) is 42.5. The van der Waals surface area contributed by atoms with Gasteiger partial charge in [-0.2, -0.15) is 0 Å². The molecule has 2 aliphatic heterocycles. The lowest BCUT2D eigenvalue weighted by molar-refractivity contribution is -0.763. The highest BCUT2D eigenvalue weighted by Gasteiger charge is 2.44. The number of fused-ring (bicyclic) bond motifs is 1. The van der Waals surface area contributed by atoms with Crippen LogP contribution in [0.5, 0.6) is 5.75 Å². The Morgan fingerprint density at radius 2 is 1.61 bits per heavy atom. The van der Waals surface area contributed by atoms with Crippen molar-refractivity contribution in [1.29, 1.82) is 0 Å². The maximum atomic E-state index is 14.0. The van der Waals surface area contributed by atoms with Crippen LogP contribution in [0.2, 0.25) is 0 Å². The standard InChI is InChI=1S/C43H56N4O12/c1-43(2,41(49)44(3)40(48)34-14-9-31(10-15-34)29-59-47(52)53)25-35-24-36(33-12-7-30(8-13-33)27-56-22-21-55-5)39(26-46(35)42(50)51)58-28-32-11-16-38-37(23-32)45(18-20-57-38)17-6-19-54-4/h7-16,23,35-36,39H,6,17-22,24-29H2,1-5H3,(H,50,51)/t35-,36-,39+/m1/s1. The van der Waals surface area contributed by atoms with Crippen molar-refractivity contribution in [3.63, 3.8) is 0 Å². The fourth-order valence-electron chi connectivity index (χ4n) is 7.71. The number of likely N-dealkylation sites (tertiary alicyclic amines) is 1. The quantitative estimate of drug-likeness (QED) is 0.0806. The summed E-state index contributed by atoms with van der Waals surface area (Å²) in [6, 6.07) is 19.4. The third-order valence-electron chi connectivity index (χ3n) is 10.8. The van der Waals surface area contributed by atoms with Gasteiger partial charge in [-0.15, -0.1) is 10.1 Å². The van der Waals surface area contributed by atoms with E-state index in [0.717, 1.165) is 52.5 Å². The average molecular weight is 821 g/mol. The van der Waals surface area contributed by atoms with Gasteiger partial charge in [0.2, 0.25) is 5.91 Å². The fourth-order valence-corrected chi connectivity index (χ4v) is 7.71. The summed E-state index contributed by atoms with van der Waals surface area (Å²) in [6.45, 7) is 7.66. The molecule has 1 saturated heterocycles. The molecule has 3 amide bonds. The van der Waals surface area contributed by atoms with Crippen LogP contribution in [-0.2, 0) is 48.4 Å². The van der Waals surface area contributed by atoms with E-state index in [9.17, 15) is 29.6 Å². The molecule has 1 N–H and O–H groups in total. The molecule has 2 aliphatic rings. The number of benzene rings is 3. The number of carbonyl (C=O) groups excluding carboxylic acids is 2. The summed E-state index contributed by atoms with van der Waals surface area (Å²) >= 11 is 0. The minimum absolute atomic E-state index is 0.0648. The predicted molar refractivity (Wildman–Crippen MR) is 217 cm³/mol. The number of nitrogens with zero attached hydrogens (tertiary/aromatic N) is 4. The number of anilines is 1. The Morgan fingerprint density at radius 3 is 2.29 bits per heavy atom. The van der Waals surface area contributed by atoms with Gasteiger partial charge in [0.15, 0.2) is 0 Å². The molecule has 16 nitrogen and oxygen atoms in total. The minimum Gasteiger partial charge on any atom is -0.490 e. The number of piperidine rings is 1.